The fourth-order valence-corrected chi connectivity index (χ4v) is 3.93. The Bertz CT molecular complexity index is 573. The first-order valence-electron chi connectivity index (χ1n) is 7.32. The molecule has 3 nitrogen and oxygen atoms in total. The molecular formula is C16H21N3S2. The van der Waals surface area contributed by atoms with Crippen molar-refractivity contribution in [3.05, 3.63) is 34.7 Å². The van der Waals surface area contributed by atoms with Crippen LogP contribution < -0.4 is 5.32 Å². The van der Waals surface area contributed by atoms with E-state index in [2.05, 4.69) is 53.0 Å². The van der Waals surface area contributed by atoms with Crippen molar-refractivity contribution in [2.24, 2.45) is 0 Å². The van der Waals surface area contributed by atoms with Crippen LogP contribution >= 0.6 is 23.1 Å². The third-order valence-electron chi connectivity index (χ3n) is 3.96. The van der Waals surface area contributed by atoms with Crippen LogP contribution in [0.4, 0.5) is 0 Å². The van der Waals surface area contributed by atoms with Crippen molar-refractivity contribution in [2.45, 2.75) is 17.9 Å². The molecule has 3 rings (SSSR count). The van der Waals surface area contributed by atoms with Crippen molar-refractivity contribution in [3.63, 3.8) is 0 Å². The van der Waals surface area contributed by atoms with Gasteiger partial charge in [-0.05, 0) is 25.3 Å². The molecule has 0 saturated carbocycles. The van der Waals surface area contributed by atoms with E-state index in [0.29, 0.717) is 6.04 Å². The van der Waals surface area contributed by atoms with Crippen molar-refractivity contribution < 1.29 is 0 Å². The monoisotopic (exact) mass is 319 g/mol. The topological polar surface area (TPSA) is 28.2 Å². The van der Waals surface area contributed by atoms with Gasteiger partial charge in [0.2, 0.25) is 0 Å². The molecule has 1 aromatic heterocycles. The first-order chi connectivity index (χ1) is 10.3. The van der Waals surface area contributed by atoms with Crippen LogP contribution in [0.25, 0.3) is 11.3 Å². The molecule has 1 N–H and O–H groups in total. The fraction of sp³-hybridized carbons (Fsp3) is 0.438. The van der Waals surface area contributed by atoms with Gasteiger partial charge in [0.05, 0.1) is 11.7 Å². The minimum Gasteiger partial charge on any atom is -0.314 e. The Balaban J connectivity index is 1.75. The molecule has 2 heterocycles. The predicted molar refractivity (Wildman–Crippen MR) is 92.2 cm³/mol. The lowest BCUT2D eigenvalue weighted by molar-refractivity contribution is 0.185. The number of nitrogens with one attached hydrogen (secondary N) is 1. The van der Waals surface area contributed by atoms with Crippen LogP contribution in [0.2, 0.25) is 0 Å². The maximum absolute atomic E-state index is 4.86. The summed E-state index contributed by atoms with van der Waals surface area (Å²) >= 11 is 3.55. The van der Waals surface area contributed by atoms with Gasteiger partial charge < -0.3 is 5.32 Å². The van der Waals surface area contributed by atoms with Gasteiger partial charge in [0.15, 0.2) is 0 Å². The predicted octanol–water partition coefficient (Wildman–Crippen LogP) is 3.50. The standard InChI is InChI=1S/C16H21N3S2/c1-12(19-9-7-17-8-10-19)16-18-15(11-21-16)13-3-5-14(20-2)6-4-13/h3-6,11-12,17H,7-10H2,1-2H3. The smallest absolute Gasteiger partial charge is 0.110 e. The summed E-state index contributed by atoms with van der Waals surface area (Å²) in [4.78, 5) is 8.67. The van der Waals surface area contributed by atoms with E-state index in [1.807, 2.05) is 0 Å². The summed E-state index contributed by atoms with van der Waals surface area (Å²) in [6, 6.07) is 9.08. The highest BCUT2D eigenvalue weighted by Gasteiger charge is 2.20. The Hall–Kier alpha value is -0.880. The van der Waals surface area contributed by atoms with Gasteiger partial charge in [0.1, 0.15) is 5.01 Å². The van der Waals surface area contributed by atoms with Gasteiger partial charge in [0.25, 0.3) is 0 Å². The molecule has 0 spiro atoms. The van der Waals surface area contributed by atoms with E-state index in [4.69, 9.17) is 4.98 Å². The van der Waals surface area contributed by atoms with Crippen molar-refractivity contribution in [2.75, 3.05) is 32.4 Å². The zero-order valence-electron chi connectivity index (χ0n) is 12.5. The Morgan fingerprint density at radius 2 is 1.95 bits per heavy atom. The van der Waals surface area contributed by atoms with Crippen LogP contribution in [0, 0.1) is 0 Å². The van der Waals surface area contributed by atoms with E-state index in [1.165, 1.54) is 15.5 Å². The summed E-state index contributed by atoms with van der Waals surface area (Å²) in [5.41, 5.74) is 2.31. The van der Waals surface area contributed by atoms with Gasteiger partial charge in [-0.15, -0.1) is 23.1 Å². The molecule has 1 saturated heterocycles. The average Bonchev–Trinajstić information content (AvgIpc) is 3.05. The van der Waals surface area contributed by atoms with Crippen LogP contribution in [-0.2, 0) is 0 Å². The van der Waals surface area contributed by atoms with Gasteiger partial charge in [0, 0.05) is 42.0 Å². The second kappa shape index (κ2) is 6.92. The summed E-state index contributed by atoms with van der Waals surface area (Å²) in [6.45, 7) is 6.65. The molecule has 112 valence electrons. The maximum Gasteiger partial charge on any atom is 0.110 e. The molecule has 1 atom stereocenters. The minimum atomic E-state index is 0.413. The number of hydrogen-bond acceptors (Lipinski definition) is 5. The highest BCUT2D eigenvalue weighted by molar-refractivity contribution is 7.98. The second-order valence-corrected chi connectivity index (χ2v) is 7.03. The van der Waals surface area contributed by atoms with E-state index in [1.54, 1.807) is 23.1 Å². The number of piperazine rings is 1. The molecule has 1 aliphatic heterocycles. The summed E-state index contributed by atoms with van der Waals surface area (Å²) in [5.74, 6) is 0. The number of nitrogens with zero attached hydrogens (tertiary/aromatic N) is 2. The van der Waals surface area contributed by atoms with Crippen LogP contribution in [-0.4, -0.2) is 42.3 Å². The van der Waals surface area contributed by atoms with Gasteiger partial charge in [-0.2, -0.15) is 0 Å². The van der Waals surface area contributed by atoms with Crippen molar-refractivity contribution >= 4 is 23.1 Å². The molecular weight excluding hydrogens is 298 g/mol. The summed E-state index contributed by atoms with van der Waals surface area (Å²) in [7, 11) is 0. The van der Waals surface area contributed by atoms with Gasteiger partial charge in [-0.1, -0.05) is 12.1 Å². The molecule has 1 aromatic carbocycles. The largest absolute Gasteiger partial charge is 0.314 e. The number of thiazole rings is 1. The lowest BCUT2D eigenvalue weighted by Crippen LogP contribution is -2.44. The van der Waals surface area contributed by atoms with E-state index >= 15 is 0 Å². The number of thioether (sulfide) groups is 1. The molecule has 1 unspecified atom stereocenters. The van der Waals surface area contributed by atoms with Gasteiger partial charge >= 0.3 is 0 Å². The number of aromatic nitrogens is 1. The summed E-state index contributed by atoms with van der Waals surface area (Å²) in [5, 5.41) is 6.81. The third-order valence-corrected chi connectivity index (χ3v) is 5.72. The second-order valence-electron chi connectivity index (χ2n) is 5.26. The summed E-state index contributed by atoms with van der Waals surface area (Å²) in [6.07, 6.45) is 2.10. The van der Waals surface area contributed by atoms with Crippen LogP contribution in [0.15, 0.2) is 34.5 Å². The first kappa shape index (κ1) is 15.0. The van der Waals surface area contributed by atoms with E-state index < -0.39 is 0 Å². The molecule has 1 aliphatic rings. The SMILES string of the molecule is CSc1ccc(-c2csc(C(C)N3CCNCC3)n2)cc1. The molecule has 0 amide bonds. The van der Waals surface area contributed by atoms with Gasteiger partial charge in [-0.3, -0.25) is 4.90 Å². The fourth-order valence-electron chi connectivity index (χ4n) is 2.60. The molecule has 21 heavy (non-hydrogen) atoms. The zero-order valence-corrected chi connectivity index (χ0v) is 14.1. The summed E-state index contributed by atoms with van der Waals surface area (Å²) < 4.78 is 0. The van der Waals surface area contributed by atoms with E-state index in [0.717, 1.165) is 31.9 Å². The van der Waals surface area contributed by atoms with Gasteiger partial charge in [-0.25, -0.2) is 4.98 Å². The molecule has 0 aliphatic carbocycles. The Labute approximate surface area is 134 Å². The van der Waals surface area contributed by atoms with E-state index in [-0.39, 0.29) is 0 Å². The maximum atomic E-state index is 4.86. The normalized spacial score (nSPS) is 17.8. The van der Waals surface area contributed by atoms with Crippen LogP contribution in [0.3, 0.4) is 0 Å². The molecule has 2 aromatic rings. The minimum absolute atomic E-state index is 0.413. The average molecular weight is 319 g/mol. The highest BCUT2D eigenvalue weighted by atomic mass is 32.2. The number of rotatable bonds is 4. The molecule has 5 heteroatoms. The van der Waals surface area contributed by atoms with Crippen LogP contribution in [0.5, 0.6) is 0 Å². The van der Waals surface area contributed by atoms with Crippen molar-refractivity contribution in [1.82, 2.24) is 15.2 Å². The first-order valence-corrected chi connectivity index (χ1v) is 9.43. The third kappa shape index (κ3) is 3.48. The lowest BCUT2D eigenvalue weighted by atomic mass is 10.2. The Morgan fingerprint density at radius 3 is 2.62 bits per heavy atom. The molecule has 0 bridgehead atoms. The Morgan fingerprint density at radius 1 is 1.24 bits per heavy atom. The van der Waals surface area contributed by atoms with Crippen molar-refractivity contribution in [1.29, 1.82) is 0 Å². The highest BCUT2D eigenvalue weighted by Crippen LogP contribution is 2.29. The molecule has 0 radical (unpaired) electrons. The van der Waals surface area contributed by atoms with Crippen molar-refractivity contribution in [3.8, 4) is 11.3 Å². The quantitative estimate of drug-likeness (QED) is 0.873. The number of hydrogen-bond donors (Lipinski definition) is 1. The zero-order chi connectivity index (χ0) is 14.7. The lowest BCUT2D eigenvalue weighted by Gasteiger charge is -2.31. The van der Waals surface area contributed by atoms with E-state index in [9.17, 15) is 0 Å². The Kier molecular flexibility index (Phi) is 4.95. The van der Waals surface area contributed by atoms with Crippen LogP contribution in [0.1, 0.15) is 18.0 Å². The molecule has 1 fully saturated rings. The number of benzene rings is 1.